The van der Waals surface area contributed by atoms with Crippen LogP contribution in [0.5, 0.6) is 0 Å². The molecule has 0 spiro atoms. The number of hydrogen-bond donors (Lipinski definition) is 2. The highest BCUT2D eigenvalue weighted by Gasteiger charge is 2.30. The second-order valence-electron chi connectivity index (χ2n) is 5.84. The fourth-order valence-electron chi connectivity index (χ4n) is 3.21. The van der Waals surface area contributed by atoms with Crippen LogP contribution in [0.3, 0.4) is 0 Å². The Kier molecular flexibility index (Phi) is 4.10. The molecule has 1 saturated heterocycles. The minimum atomic E-state index is -3.20. The van der Waals surface area contributed by atoms with E-state index in [-0.39, 0.29) is 11.3 Å². The van der Waals surface area contributed by atoms with Crippen molar-refractivity contribution in [3.63, 3.8) is 0 Å². The lowest BCUT2D eigenvalue weighted by molar-refractivity contribution is 0.468. The first kappa shape index (κ1) is 14.0. The van der Waals surface area contributed by atoms with Gasteiger partial charge in [0.1, 0.15) is 0 Å². The molecule has 3 rings (SSSR count). The lowest BCUT2D eigenvalue weighted by Gasteiger charge is -2.29. The zero-order valence-electron chi connectivity index (χ0n) is 11.6. The number of nitrogens with one attached hydrogen (secondary N) is 2. The van der Waals surface area contributed by atoms with Crippen molar-refractivity contribution < 1.29 is 8.42 Å². The third kappa shape index (κ3) is 3.05. The summed E-state index contributed by atoms with van der Waals surface area (Å²) in [6, 6.07) is 8.39. The molecule has 2 atom stereocenters. The predicted octanol–water partition coefficient (Wildman–Crippen LogP) is 1.22. The molecule has 0 radical (unpaired) electrons. The van der Waals surface area contributed by atoms with Gasteiger partial charge in [0.05, 0.1) is 5.25 Å². The fraction of sp³-hybridized carbons (Fsp3) is 0.600. The zero-order chi connectivity index (χ0) is 14.0. The topological polar surface area (TPSA) is 58.2 Å². The SMILES string of the molecule is O=S(=O)(NC1CCc2ccccc2C1)C1CCCNC1. The maximum absolute atomic E-state index is 12.4. The quantitative estimate of drug-likeness (QED) is 0.881. The minimum Gasteiger partial charge on any atom is -0.315 e. The van der Waals surface area contributed by atoms with Crippen LogP contribution >= 0.6 is 0 Å². The Labute approximate surface area is 121 Å². The lowest BCUT2D eigenvalue weighted by Crippen LogP contribution is -2.48. The molecule has 1 heterocycles. The van der Waals surface area contributed by atoms with Gasteiger partial charge in [-0.3, -0.25) is 0 Å². The summed E-state index contributed by atoms with van der Waals surface area (Å²) in [7, 11) is -3.20. The Morgan fingerprint density at radius 2 is 1.95 bits per heavy atom. The highest BCUT2D eigenvalue weighted by molar-refractivity contribution is 7.90. The van der Waals surface area contributed by atoms with E-state index in [2.05, 4.69) is 28.2 Å². The van der Waals surface area contributed by atoms with E-state index in [0.29, 0.717) is 6.54 Å². The van der Waals surface area contributed by atoms with Gasteiger partial charge in [-0.2, -0.15) is 0 Å². The number of piperidine rings is 1. The number of fused-ring (bicyclic) bond motifs is 1. The molecule has 0 amide bonds. The van der Waals surface area contributed by atoms with E-state index >= 15 is 0 Å². The average Bonchev–Trinajstić information content (AvgIpc) is 2.48. The fourth-order valence-corrected chi connectivity index (χ4v) is 4.88. The molecule has 2 unspecified atom stereocenters. The van der Waals surface area contributed by atoms with Crippen LogP contribution in [0.1, 0.15) is 30.4 Å². The normalized spacial score (nSPS) is 27.0. The molecule has 0 aromatic heterocycles. The van der Waals surface area contributed by atoms with Gasteiger partial charge in [-0.05, 0) is 49.8 Å². The molecular formula is C15H22N2O2S. The molecule has 2 aliphatic rings. The van der Waals surface area contributed by atoms with Crippen LogP contribution in [0.15, 0.2) is 24.3 Å². The molecule has 110 valence electrons. The van der Waals surface area contributed by atoms with Crippen molar-refractivity contribution in [2.45, 2.75) is 43.4 Å². The van der Waals surface area contributed by atoms with Crippen LogP contribution in [0, 0.1) is 0 Å². The summed E-state index contributed by atoms with van der Waals surface area (Å²) >= 11 is 0. The standard InChI is InChI=1S/C15H22N2O2S/c18-20(19,15-6-3-9-16-11-15)17-14-8-7-12-4-1-2-5-13(12)10-14/h1-2,4-5,14-17H,3,6-11H2. The Bertz CT molecular complexity index is 565. The van der Waals surface area contributed by atoms with Gasteiger partial charge in [0.2, 0.25) is 10.0 Å². The number of hydrogen-bond acceptors (Lipinski definition) is 3. The van der Waals surface area contributed by atoms with E-state index < -0.39 is 10.0 Å². The monoisotopic (exact) mass is 294 g/mol. The summed E-state index contributed by atoms with van der Waals surface area (Å²) in [5, 5.41) is 2.90. The van der Waals surface area contributed by atoms with Gasteiger partial charge in [-0.1, -0.05) is 24.3 Å². The molecule has 0 saturated carbocycles. The van der Waals surface area contributed by atoms with Gasteiger partial charge < -0.3 is 5.32 Å². The van der Waals surface area contributed by atoms with E-state index in [1.807, 2.05) is 6.07 Å². The molecule has 0 bridgehead atoms. The number of aryl methyl sites for hydroxylation is 1. The zero-order valence-corrected chi connectivity index (χ0v) is 12.5. The summed E-state index contributed by atoms with van der Waals surface area (Å²) in [4.78, 5) is 0. The molecule has 1 aromatic rings. The first-order valence-corrected chi connectivity index (χ1v) is 8.98. The van der Waals surface area contributed by atoms with E-state index in [1.165, 1.54) is 11.1 Å². The molecule has 2 N–H and O–H groups in total. The highest BCUT2D eigenvalue weighted by atomic mass is 32.2. The van der Waals surface area contributed by atoms with Gasteiger partial charge >= 0.3 is 0 Å². The summed E-state index contributed by atoms with van der Waals surface area (Å²) < 4.78 is 27.8. The van der Waals surface area contributed by atoms with Crippen molar-refractivity contribution in [2.24, 2.45) is 0 Å². The molecule has 4 nitrogen and oxygen atoms in total. The molecule has 1 aliphatic heterocycles. The van der Waals surface area contributed by atoms with Crippen LogP contribution in [-0.4, -0.2) is 32.8 Å². The van der Waals surface area contributed by atoms with E-state index in [4.69, 9.17) is 0 Å². The maximum atomic E-state index is 12.4. The molecule has 1 fully saturated rings. The molecule has 20 heavy (non-hydrogen) atoms. The third-order valence-electron chi connectivity index (χ3n) is 4.37. The van der Waals surface area contributed by atoms with Crippen molar-refractivity contribution >= 4 is 10.0 Å². The first-order valence-electron chi connectivity index (χ1n) is 7.44. The van der Waals surface area contributed by atoms with E-state index in [0.717, 1.165) is 38.6 Å². The number of rotatable bonds is 3. The van der Waals surface area contributed by atoms with Crippen molar-refractivity contribution in [3.8, 4) is 0 Å². The Hall–Kier alpha value is -0.910. The molecular weight excluding hydrogens is 272 g/mol. The second-order valence-corrected chi connectivity index (χ2v) is 7.83. The molecule has 1 aromatic carbocycles. The van der Waals surface area contributed by atoms with Crippen LogP contribution in [-0.2, 0) is 22.9 Å². The molecule has 5 heteroatoms. The van der Waals surface area contributed by atoms with Gasteiger partial charge in [-0.25, -0.2) is 13.1 Å². The van der Waals surface area contributed by atoms with Crippen molar-refractivity contribution in [1.82, 2.24) is 10.0 Å². The van der Waals surface area contributed by atoms with Gasteiger partial charge in [0.25, 0.3) is 0 Å². The Morgan fingerprint density at radius 1 is 1.15 bits per heavy atom. The smallest absolute Gasteiger partial charge is 0.215 e. The van der Waals surface area contributed by atoms with Crippen LogP contribution in [0.25, 0.3) is 0 Å². The van der Waals surface area contributed by atoms with E-state index in [1.54, 1.807) is 0 Å². The van der Waals surface area contributed by atoms with Crippen molar-refractivity contribution in [1.29, 1.82) is 0 Å². The Morgan fingerprint density at radius 3 is 2.70 bits per heavy atom. The maximum Gasteiger partial charge on any atom is 0.215 e. The number of sulfonamides is 1. The summed E-state index contributed by atoms with van der Waals surface area (Å²) in [6.45, 7) is 1.52. The minimum absolute atomic E-state index is 0.0526. The van der Waals surface area contributed by atoms with Gasteiger partial charge in [-0.15, -0.1) is 0 Å². The van der Waals surface area contributed by atoms with Gasteiger partial charge in [0, 0.05) is 12.6 Å². The Balaban J connectivity index is 1.66. The third-order valence-corrected chi connectivity index (χ3v) is 6.31. The highest BCUT2D eigenvalue weighted by Crippen LogP contribution is 2.22. The summed E-state index contributed by atoms with van der Waals surface area (Å²) in [6.07, 6.45) is 4.39. The summed E-state index contributed by atoms with van der Waals surface area (Å²) in [5.74, 6) is 0. The average molecular weight is 294 g/mol. The lowest BCUT2D eigenvalue weighted by atomic mass is 9.89. The number of benzene rings is 1. The van der Waals surface area contributed by atoms with Crippen molar-refractivity contribution in [2.75, 3.05) is 13.1 Å². The van der Waals surface area contributed by atoms with Crippen molar-refractivity contribution in [3.05, 3.63) is 35.4 Å². The van der Waals surface area contributed by atoms with Crippen LogP contribution in [0.4, 0.5) is 0 Å². The second kappa shape index (κ2) is 5.84. The largest absolute Gasteiger partial charge is 0.315 e. The van der Waals surface area contributed by atoms with Gasteiger partial charge in [0.15, 0.2) is 0 Å². The van der Waals surface area contributed by atoms with Crippen LogP contribution < -0.4 is 10.0 Å². The predicted molar refractivity (Wildman–Crippen MR) is 80.2 cm³/mol. The molecule has 1 aliphatic carbocycles. The van der Waals surface area contributed by atoms with Crippen LogP contribution in [0.2, 0.25) is 0 Å². The first-order chi connectivity index (χ1) is 9.65. The summed E-state index contributed by atoms with van der Waals surface area (Å²) in [5.41, 5.74) is 2.65. The van der Waals surface area contributed by atoms with E-state index in [9.17, 15) is 8.42 Å².